The van der Waals surface area contributed by atoms with Crippen molar-refractivity contribution >= 4 is 10.0 Å². The summed E-state index contributed by atoms with van der Waals surface area (Å²) in [5.41, 5.74) is 0. The monoisotopic (exact) mass is 274 g/mol. The molecule has 0 saturated carbocycles. The van der Waals surface area contributed by atoms with Gasteiger partial charge in [0.05, 0.1) is 5.75 Å². The van der Waals surface area contributed by atoms with E-state index in [1.807, 2.05) is 24.7 Å². The number of rotatable bonds is 9. The van der Waals surface area contributed by atoms with E-state index in [4.69, 9.17) is 0 Å². The van der Waals surface area contributed by atoms with E-state index in [2.05, 4.69) is 15.0 Å². The third kappa shape index (κ3) is 5.61. The van der Waals surface area contributed by atoms with Crippen LogP contribution in [0.15, 0.2) is 12.4 Å². The van der Waals surface area contributed by atoms with Crippen LogP contribution >= 0.6 is 0 Å². The zero-order chi connectivity index (χ0) is 13.4. The largest absolute Gasteiger partial charge is 0.338 e. The predicted octanol–water partition coefficient (Wildman–Crippen LogP) is -0.118. The highest BCUT2D eigenvalue weighted by atomic mass is 32.2. The predicted molar refractivity (Wildman–Crippen MR) is 71.9 cm³/mol. The van der Waals surface area contributed by atoms with E-state index in [0.29, 0.717) is 19.5 Å². The Hall–Kier alpha value is -0.920. The smallest absolute Gasteiger partial charge is 0.212 e. The maximum atomic E-state index is 11.6. The molecule has 1 aromatic rings. The molecule has 0 amide bonds. The topological polar surface area (TPSA) is 76.0 Å². The van der Waals surface area contributed by atoms with Gasteiger partial charge >= 0.3 is 0 Å². The molecule has 1 rings (SSSR count). The van der Waals surface area contributed by atoms with Crippen LogP contribution in [0.1, 0.15) is 19.2 Å². The Morgan fingerprint density at radius 2 is 2.11 bits per heavy atom. The first-order valence-corrected chi connectivity index (χ1v) is 7.84. The first-order chi connectivity index (χ1) is 8.55. The Balaban J connectivity index is 2.23. The third-order valence-corrected chi connectivity index (χ3v) is 3.95. The molecule has 0 saturated heterocycles. The van der Waals surface area contributed by atoms with Gasteiger partial charge in [-0.2, -0.15) is 0 Å². The standard InChI is InChI=1S/C11H22N4O2S/c1-3-5-12-8-10-18(16,17)14-6-4-11-13-7-9-15(11)2/h7,9,12,14H,3-6,8,10H2,1-2H3. The minimum absolute atomic E-state index is 0.119. The molecule has 0 unspecified atom stereocenters. The zero-order valence-corrected chi connectivity index (χ0v) is 11.8. The van der Waals surface area contributed by atoms with Crippen LogP contribution in [-0.4, -0.2) is 43.4 Å². The normalized spacial score (nSPS) is 11.9. The van der Waals surface area contributed by atoms with Crippen LogP contribution in [-0.2, 0) is 23.5 Å². The highest BCUT2D eigenvalue weighted by Gasteiger charge is 2.09. The van der Waals surface area contributed by atoms with Gasteiger partial charge in [-0.25, -0.2) is 18.1 Å². The van der Waals surface area contributed by atoms with E-state index in [1.54, 1.807) is 6.20 Å². The fourth-order valence-electron chi connectivity index (χ4n) is 1.54. The fourth-order valence-corrected chi connectivity index (χ4v) is 2.51. The zero-order valence-electron chi connectivity index (χ0n) is 11.0. The Kier molecular flexibility index (Phi) is 6.31. The molecule has 0 aromatic carbocycles. The van der Waals surface area contributed by atoms with E-state index in [0.717, 1.165) is 18.8 Å². The van der Waals surface area contributed by atoms with E-state index < -0.39 is 10.0 Å². The summed E-state index contributed by atoms with van der Waals surface area (Å²) in [4.78, 5) is 4.14. The molecule has 0 atom stereocenters. The van der Waals surface area contributed by atoms with Crippen molar-refractivity contribution in [3.05, 3.63) is 18.2 Å². The molecule has 0 aliphatic heterocycles. The molecule has 104 valence electrons. The second kappa shape index (κ2) is 7.50. The minimum atomic E-state index is -3.18. The number of imidazole rings is 1. The number of nitrogens with one attached hydrogen (secondary N) is 2. The highest BCUT2D eigenvalue weighted by Crippen LogP contribution is 1.95. The van der Waals surface area contributed by atoms with E-state index in [9.17, 15) is 8.42 Å². The van der Waals surface area contributed by atoms with Gasteiger partial charge < -0.3 is 9.88 Å². The average Bonchev–Trinajstić information content (AvgIpc) is 2.71. The second-order valence-electron chi connectivity index (χ2n) is 4.17. The number of sulfonamides is 1. The van der Waals surface area contributed by atoms with Crippen LogP contribution in [0.5, 0.6) is 0 Å². The Bertz CT molecular complexity index is 442. The first kappa shape index (κ1) is 15.1. The second-order valence-corrected chi connectivity index (χ2v) is 6.09. The Morgan fingerprint density at radius 3 is 2.72 bits per heavy atom. The van der Waals surface area contributed by atoms with Crippen LogP contribution in [0.25, 0.3) is 0 Å². The minimum Gasteiger partial charge on any atom is -0.338 e. The van der Waals surface area contributed by atoms with Crippen LogP contribution in [0.3, 0.4) is 0 Å². The fraction of sp³-hybridized carbons (Fsp3) is 0.727. The molecule has 1 aromatic heterocycles. The first-order valence-electron chi connectivity index (χ1n) is 6.19. The van der Waals surface area contributed by atoms with Crippen molar-refractivity contribution in [1.29, 1.82) is 0 Å². The summed E-state index contributed by atoms with van der Waals surface area (Å²) in [7, 11) is -1.28. The van der Waals surface area contributed by atoms with Crippen LogP contribution in [0.2, 0.25) is 0 Å². The Morgan fingerprint density at radius 1 is 1.33 bits per heavy atom. The maximum absolute atomic E-state index is 11.6. The summed E-state index contributed by atoms with van der Waals surface area (Å²) in [5, 5.41) is 3.07. The van der Waals surface area contributed by atoms with Crippen LogP contribution in [0.4, 0.5) is 0 Å². The number of hydrogen-bond donors (Lipinski definition) is 2. The SMILES string of the molecule is CCCNCCS(=O)(=O)NCCc1nccn1C. The van der Waals surface area contributed by atoms with Gasteiger partial charge in [0.2, 0.25) is 10.0 Å². The van der Waals surface area contributed by atoms with E-state index >= 15 is 0 Å². The van der Waals surface area contributed by atoms with Gasteiger partial charge in [-0.15, -0.1) is 0 Å². The van der Waals surface area contributed by atoms with Crippen molar-refractivity contribution in [2.75, 3.05) is 25.4 Å². The van der Waals surface area contributed by atoms with Crippen LogP contribution in [0, 0.1) is 0 Å². The van der Waals surface area contributed by atoms with Gasteiger partial charge in [0.15, 0.2) is 0 Å². The lowest BCUT2D eigenvalue weighted by molar-refractivity contribution is 0.575. The third-order valence-electron chi connectivity index (χ3n) is 2.57. The molecule has 0 bridgehead atoms. The van der Waals surface area contributed by atoms with Crippen LogP contribution < -0.4 is 10.0 Å². The highest BCUT2D eigenvalue weighted by molar-refractivity contribution is 7.89. The quantitative estimate of drug-likeness (QED) is 0.616. The lowest BCUT2D eigenvalue weighted by atomic mass is 10.4. The molecule has 0 spiro atoms. The number of nitrogens with zero attached hydrogens (tertiary/aromatic N) is 2. The van der Waals surface area contributed by atoms with Gasteiger partial charge in [-0.1, -0.05) is 6.92 Å². The summed E-state index contributed by atoms with van der Waals surface area (Å²) < 4.78 is 27.7. The summed E-state index contributed by atoms with van der Waals surface area (Å²) in [5.74, 6) is 0.995. The molecule has 0 radical (unpaired) electrons. The molecule has 0 fully saturated rings. The summed E-state index contributed by atoms with van der Waals surface area (Å²) in [6.45, 7) is 3.78. The number of aromatic nitrogens is 2. The van der Waals surface area contributed by atoms with Crippen molar-refractivity contribution in [2.24, 2.45) is 7.05 Å². The Labute approximate surface area is 109 Å². The van der Waals surface area contributed by atoms with Crippen molar-refractivity contribution in [1.82, 2.24) is 19.6 Å². The molecular formula is C11H22N4O2S. The van der Waals surface area contributed by atoms with Gasteiger partial charge in [-0.3, -0.25) is 0 Å². The summed E-state index contributed by atoms with van der Waals surface area (Å²) in [6.07, 6.45) is 5.16. The molecule has 0 aliphatic carbocycles. The summed E-state index contributed by atoms with van der Waals surface area (Å²) in [6, 6.07) is 0. The van der Waals surface area contributed by atoms with Gasteiger partial charge in [0.1, 0.15) is 5.82 Å². The molecule has 1 heterocycles. The van der Waals surface area contributed by atoms with E-state index in [-0.39, 0.29) is 5.75 Å². The van der Waals surface area contributed by atoms with Crippen molar-refractivity contribution in [3.63, 3.8) is 0 Å². The van der Waals surface area contributed by atoms with Gasteiger partial charge in [-0.05, 0) is 13.0 Å². The molecule has 0 aliphatic rings. The molecule has 2 N–H and O–H groups in total. The van der Waals surface area contributed by atoms with Crippen molar-refractivity contribution < 1.29 is 8.42 Å². The molecular weight excluding hydrogens is 252 g/mol. The molecule has 6 nitrogen and oxygen atoms in total. The average molecular weight is 274 g/mol. The van der Waals surface area contributed by atoms with Crippen molar-refractivity contribution in [3.8, 4) is 0 Å². The summed E-state index contributed by atoms with van der Waals surface area (Å²) >= 11 is 0. The number of hydrogen-bond acceptors (Lipinski definition) is 4. The molecule has 18 heavy (non-hydrogen) atoms. The van der Waals surface area contributed by atoms with Crippen molar-refractivity contribution in [2.45, 2.75) is 19.8 Å². The lowest BCUT2D eigenvalue weighted by Crippen LogP contribution is -2.33. The maximum Gasteiger partial charge on any atom is 0.212 e. The molecule has 7 heteroatoms. The number of aryl methyl sites for hydroxylation is 1. The lowest BCUT2D eigenvalue weighted by Gasteiger charge is -2.07. The van der Waals surface area contributed by atoms with E-state index in [1.165, 1.54) is 0 Å². The van der Waals surface area contributed by atoms with Gasteiger partial charge in [0.25, 0.3) is 0 Å². The van der Waals surface area contributed by atoms with Gasteiger partial charge in [0, 0.05) is 39.0 Å².